The number of hydrogen-bond donors (Lipinski definition) is 4. The monoisotopic (exact) mass is 198 g/mol. The average Bonchev–Trinajstić information content (AvgIpc) is 2.19. The number of hydrazine groups is 2. The maximum atomic E-state index is 5.36. The summed E-state index contributed by atoms with van der Waals surface area (Å²) < 4.78 is 0. The molecule has 0 aliphatic rings. The van der Waals surface area contributed by atoms with E-state index >= 15 is 0 Å². The van der Waals surface area contributed by atoms with Crippen molar-refractivity contribution >= 4 is 19.7 Å². The highest BCUT2D eigenvalue weighted by Crippen LogP contribution is 2.11. The molecule has 1 aromatic carbocycles. The molecule has 1 rings (SSSR count). The van der Waals surface area contributed by atoms with Crippen LogP contribution in [0.3, 0.4) is 0 Å². The molecule has 0 saturated heterocycles. The Bertz CT molecular complexity index is 254. The summed E-state index contributed by atoms with van der Waals surface area (Å²) in [5.41, 5.74) is 6.67. The molecule has 4 nitrogen and oxygen atoms in total. The largest absolute Gasteiger partial charge is 0.323 e. The van der Waals surface area contributed by atoms with E-state index in [4.69, 9.17) is 5.84 Å². The van der Waals surface area contributed by atoms with Crippen molar-refractivity contribution in [3.63, 3.8) is 0 Å². The summed E-state index contributed by atoms with van der Waals surface area (Å²) in [6.45, 7) is 2.95. The highest BCUT2D eigenvalue weighted by molar-refractivity contribution is 7.45. The summed E-state index contributed by atoms with van der Waals surface area (Å²) in [5, 5.41) is 4.28. The van der Waals surface area contributed by atoms with E-state index in [9.17, 15) is 0 Å². The van der Waals surface area contributed by atoms with Crippen LogP contribution < -0.4 is 27.2 Å². The van der Waals surface area contributed by atoms with Crippen LogP contribution in [0, 0.1) is 0 Å². The van der Waals surface area contributed by atoms with Crippen molar-refractivity contribution in [1.82, 2.24) is 10.6 Å². The van der Waals surface area contributed by atoms with Crippen molar-refractivity contribution in [2.45, 2.75) is 6.92 Å². The Morgan fingerprint density at radius 3 is 2.85 bits per heavy atom. The Hall–Kier alpha value is -0.670. The predicted molar refractivity (Wildman–Crippen MR) is 59.0 cm³/mol. The first-order chi connectivity index (χ1) is 6.38. The molecule has 0 fully saturated rings. The average molecular weight is 198 g/mol. The van der Waals surface area contributed by atoms with Gasteiger partial charge in [-0.25, -0.2) is 5.20 Å². The lowest BCUT2D eigenvalue weighted by Gasteiger charge is -2.09. The molecule has 1 unspecified atom stereocenters. The molecule has 1 aromatic rings. The van der Waals surface area contributed by atoms with Crippen LogP contribution >= 0.6 is 8.73 Å². The third-order valence-electron chi connectivity index (χ3n) is 1.54. The summed E-state index contributed by atoms with van der Waals surface area (Å²) in [7, 11) is 0.513. The number of nitrogens with one attached hydrogen (secondary N) is 3. The standard InChI is InChI=1S/C8H15N4P/c1-2-10-12-13-8-6-4-3-5-7(8)11-9/h3-6,10-13H,2,9H2,1H3. The van der Waals surface area contributed by atoms with E-state index in [1.165, 1.54) is 5.30 Å². The van der Waals surface area contributed by atoms with Crippen LogP contribution in [0.1, 0.15) is 6.92 Å². The Morgan fingerprint density at radius 2 is 2.15 bits per heavy atom. The van der Waals surface area contributed by atoms with Gasteiger partial charge < -0.3 is 5.43 Å². The quantitative estimate of drug-likeness (QED) is 0.238. The summed E-state index contributed by atoms with van der Waals surface area (Å²) in [5.74, 6) is 5.36. The van der Waals surface area contributed by atoms with E-state index in [2.05, 4.69) is 16.0 Å². The van der Waals surface area contributed by atoms with Gasteiger partial charge >= 0.3 is 0 Å². The normalized spacial score (nSPS) is 10.9. The van der Waals surface area contributed by atoms with Crippen LogP contribution in [0.5, 0.6) is 0 Å². The van der Waals surface area contributed by atoms with Gasteiger partial charge in [0.25, 0.3) is 0 Å². The lowest BCUT2D eigenvalue weighted by Crippen LogP contribution is -2.26. The van der Waals surface area contributed by atoms with Crippen molar-refractivity contribution in [3.8, 4) is 0 Å². The molecule has 0 bridgehead atoms. The lowest BCUT2D eigenvalue weighted by atomic mass is 10.3. The molecule has 1 atom stereocenters. The van der Waals surface area contributed by atoms with E-state index in [1.807, 2.05) is 31.2 Å². The molecular formula is C8H15N4P. The molecule has 0 spiro atoms. The smallest absolute Gasteiger partial charge is 0.0572 e. The molecule has 5 N–H and O–H groups in total. The third kappa shape index (κ3) is 3.28. The lowest BCUT2D eigenvalue weighted by molar-refractivity contribution is 0.718. The maximum Gasteiger partial charge on any atom is 0.0572 e. The number of nitrogens with two attached hydrogens (primary N) is 1. The molecular weight excluding hydrogens is 183 g/mol. The maximum absolute atomic E-state index is 5.36. The zero-order chi connectivity index (χ0) is 9.52. The number of rotatable bonds is 5. The second kappa shape index (κ2) is 5.89. The highest BCUT2D eigenvalue weighted by Gasteiger charge is 1.97. The van der Waals surface area contributed by atoms with Gasteiger partial charge in [-0.05, 0) is 14.8 Å². The minimum absolute atomic E-state index is 0.513. The van der Waals surface area contributed by atoms with E-state index in [-0.39, 0.29) is 0 Å². The first-order valence-corrected chi connectivity index (χ1v) is 5.18. The number of nitrogen functional groups attached to an aromatic ring is 1. The summed E-state index contributed by atoms with van der Waals surface area (Å²) >= 11 is 0. The van der Waals surface area contributed by atoms with Gasteiger partial charge in [-0.3, -0.25) is 11.3 Å². The van der Waals surface area contributed by atoms with Gasteiger partial charge in [0, 0.05) is 11.8 Å². The zero-order valence-corrected chi connectivity index (χ0v) is 8.59. The van der Waals surface area contributed by atoms with E-state index in [1.54, 1.807) is 0 Å². The summed E-state index contributed by atoms with van der Waals surface area (Å²) in [6.07, 6.45) is 0. The fourth-order valence-corrected chi connectivity index (χ4v) is 1.79. The number of anilines is 1. The Labute approximate surface area is 80.1 Å². The predicted octanol–water partition coefficient (Wildman–Crippen LogP) is 0.305. The van der Waals surface area contributed by atoms with Crippen LogP contribution in [-0.4, -0.2) is 6.54 Å². The van der Waals surface area contributed by atoms with Gasteiger partial charge in [-0.1, -0.05) is 25.1 Å². The van der Waals surface area contributed by atoms with Gasteiger partial charge in [0.2, 0.25) is 0 Å². The number of para-hydroxylation sites is 1. The van der Waals surface area contributed by atoms with Gasteiger partial charge in [-0.15, -0.1) is 0 Å². The second-order valence-corrected chi connectivity index (χ2v) is 3.51. The van der Waals surface area contributed by atoms with Crippen molar-refractivity contribution in [3.05, 3.63) is 24.3 Å². The van der Waals surface area contributed by atoms with Crippen molar-refractivity contribution in [2.24, 2.45) is 5.84 Å². The van der Waals surface area contributed by atoms with E-state index in [0.717, 1.165) is 12.2 Å². The number of benzene rings is 1. The fourth-order valence-electron chi connectivity index (χ4n) is 0.918. The minimum atomic E-state index is 0.513. The molecule has 0 radical (unpaired) electrons. The van der Waals surface area contributed by atoms with Crippen molar-refractivity contribution in [2.75, 3.05) is 12.0 Å². The Morgan fingerprint density at radius 1 is 1.38 bits per heavy atom. The first-order valence-electron chi connectivity index (χ1n) is 4.18. The molecule has 5 heteroatoms. The van der Waals surface area contributed by atoms with Crippen LogP contribution in [0.2, 0.25) is 0 Å². The van der Waals surface area contributed by atoms with Gasteiger partial charge in [0.1, 0.15) is 0 Å². The number of hydrogen-bond acceptors (Lipinski definition) is 4. The molecule has 72 valence electrons. The zero-order valence-electron chi connectivity index (χ0n) is 7.59. The molecule has 0 aliphatic carbocycles. The third-order valence-corrected chi connectivity index (χ3v) is 2.55. The molecule has 13 heavy (non-hydrogen) atoms. The van der Waals surface area contributed by atoms with Gasteiger partial charge in [0.05, 0.1) is 5.69 Å². The van der Waals surface area contributed by atoms with Crippen LogP contribution in [-0.2, 0) is 0 Å². The second-order valence-electron chi connectivity index (χ2n) is 2.47. The minimum Gasteiger partial charge on any atom is -0.323 e. The van der Waals surface area contributed by atoms with Crippen molar-refractivity contribution < 1.29 is 0 Å². The molecule has 0 aliphatic heterocycles. The topological polar surface area (TPSA) is 62.1 Å². The highest BCUT2D eigenvalue weighted by atomic mass is 31.1. The Balaban J connectivity index is 2.54. The fraction of sp³-hybridized carbons (Fsp3) is 0.250. The summed E-state index contributed by atoms with van der Waals surface area (Å²) in [6, 6.07) is 7.95. The van der Waals surface area contributed by atoms with E-state index < -0.39 is 0 Å². The van der Waals surface area contributed by atoms with Crippen LogP contribution in [0.25, 0.3) is 0 Å². The molecule has 0 saturated carbocycles. The molecule has 0 heterocycles. The first kappa shape index (κ1) is 10.4. The molecule has 0 aromatic heterocycles. The summed E-state index contributed by atoms with van der Waals surface area (Å²) in [4.78, 5) is 0. The Kier molecular flexibility index (Phi) is 4.72. The SMILES string of the molecule is CCNNPc1ccccc1NN. The van der Waals surface area contributed by atoms with Gasteiger partial charge in [0.15, 0.2) is 0 Å². The van der Waals surface area contributed by atoms with Crippen molar-refractivity contribution in [1.29, 1.82) is 0 Å². The van der Waals surface area contributed by atoms with Crippen LogP contribution in [0.15, 0.2) is 24.3 Å². The van der Waals surface area contributed by atoms with Crippen LogP contribution in [0.4, 0.5) is 5.69 Å². The van der Waals surface area contributed by atoms with Gasteiger partial charge in [-0.2, -0.15) is 0 Å². The van der Waals surface area contributed by atoms with E-state index in [0.29, 0.717) is 8.73 Å². The molecule has 0 amide bonds.